The van der Waals surface area contributed by atoms with Gasteiger partial charge in [0.25, 0.3) is 5.91 Å². The van der Waals surface area contributed by atoms with Crippen LogP contribution in [0.5, 0.6) is 0 Å². The lowest BCUT2D eigenvalue weighted by atomic mass is 10.1. The fraction of sp³-hybridized carbons (Fsp3) is 0.304. The monoisotopic (exact) mass is 423 g/mol. The Balaban J connectivity index is 1.35. The van der Waals surface area contributed by atoms with Gasteiger partial charge in [-0.05, 0) is 17.5 Å². The molecule has 1 atom stereocenters. The number of nitrogens with zero attached hydrogens (tertiary/aromatic N) is 1. The summed E-state index contributed by atoms with van der Waals surface area (Å²) in [5, 5.41) is 4.66. The van der Waals surface area contributed by atoms with Crippen molar-refractivity contribution in [1.29, 1.82) is 0 Å². The van der Waals surface area contributed by atoms with Crippen LogP contribution >= 0.6 is 0 Å². The molecule has 1 aliphatic rings. The molecule has 1 heterocycles. The Morgan fingerprint density at radius 2 is 1.61 bits per heavy atom. The lowest BCUT2D eigenvalue weighted by Crippen LogP contribution is -2.41. The largest absolute Gasteiger partial charge is 0.455 e. The summed E-state index contributed by atoms with van der Waals surface area (Å²) in [6.45, 7) is 0.480. The van der Waals surface area contributed by atoms with Crippen molar-refractivity contribution < 1.29 is 23.9 Å². The maximum Gasteiger partial charge on any atom is 0.321 e. The number of amides is 4. The zero-order valence-corrected chi connectivity index (χ0v) is 17.1. The smallest absolute Gasteiger partial charge is 0.321 e. The van der Waals surface area contributed by atoms with Crippen molar-refractivity contribution in [2.75, 3.05) is 19.7 Å². The van der Waals surface area contributed by atoms with Gasteiger partial charge in [0.1, 0.15) is 0 Å². The Hall–Kier alpha value is -3.68. The van der Waals surface area contributed by atoms with E-state index in [2.05, 4.69) is 10.6 Å². The molecule has 0 spiro atoms. The van der Waals surface area contributed by atoms with Gasteiger partial charge in [0.05, 0.1) is 5.92 Å². The second-order valence-corrected chi connectivity index (χ2v) is 7.30. The molecule has 1 saturated heterocycles. The molecule has 3 rings (SSSR count). The quantitative estimate of drug-likeness (QED) is 0.628. The van der Waals surface area contributed by atoms with Crippen LogP contribution in [0.2, 0.25) is 0 Å². The van der Waals surface area contributed by atoms with E-state index in [-0.39, 0.29) is 25.4 Å². The number of esters is 1. The van der Waals surface area contributed by atoms with E-state index >= 15 is 0 Å². The highest BCUT2D eigenvalue weighted by atomic mass is 16.5. The zero-order valence-electron chi connectivity index (χ0n) is 17.1. The minimum absolute atomic E-state index is 0.0623. The van der Waals surface area contributed by atoms with Crippen LogP contribution in [0, 0.1) is 5.92 Å². The average Bonchev–Trinajstić information content (AvgIpc) is 3.16. The summed E-state index contributed by atoms with van der Waals surface area (Å²) >= 11 is 0. The summed E-state index contributed by atoms with van der Waals surface area (Å²) in [6.07, 6.45) is 0.766. The minimum Gasteiger partial charge on any atom is -0.455 e. The zero-order chi connectivity index (χ0) is 22.1. The molecule has 8 nitrogen and oxygen atoms in total. The molecule has 0 aliphatic carbocycles. The SMILES string of the molecule is O=C(COC(=O)[C@H]1CC(=O)N(CCc2ccccc2)C1)NC(=O)NCc1ccccc1. The third-order valence-electron chi connectivity index (χ3n) is 4.96. The van der Waals surface area contributed by atoms with Crippen molar-refractivity contribution >= 4 is 23.8 Å². The van der Waals surface area contributed by atoms with Crippen LogP contribution in [-0.2, 0) is 32.1 Å². The summed E-state index contributed by atoms with van der Waals surface area (Å²) in [5.41, 5.74) is 2.00. The Morgan fingerprint density at radius 3 is 2.29 bits per heavy atom. The first-order valence-electron chi connectivity index (χ1n) is 10.1. The molecule has 0 saturated carbocycles. The minimum atomic E-state index is -0.732. The van der Waals surface area contributed by atoms with Crippen LogP contribution in [0.15, 0.2) is 60.7 Å². The Kier molecular flexibility index (Phi) is 7.75. The number of rotatable bonds is 8. The Labute approximate surface area is 180 Å². The van der Waals surface area contributed by atoms with E-state index in [1.807, 2.05) is 60.7 Å². The molecule has 0 bridgehead atoms. The van der Waals surface area contributed by atoms with E-state index in [0.717, 1.165) is 11.1 Å². The molecule has 4 amide bonds. The summed E-state index contributed by atoms with van der Waals surface area (Å²) in [5.74, 6) is -2.06. The second-order valence-electron chi connectivity index (χ2n) is 7.30. The molecule has 0 unspecified atom stereocenters. The summed E-state index contributed by atoms with van der Waals surface area (Å²) in [7, 11) is 0. The first-order valence-corrected chi connectivity index (χ1v) is 10.1. The van der Waals surface area contributed by atoms with Crippen molar-refractivity contribution in [2.45, 2.75) is 19.4 Å². The molecular weight excluding hydrogens is 398 g/mol. The van der Waals surface area contributed by atoms with E-state index in [0.29, 0.717) is 13.0 Å². The topological polar surface area (TPSA) is 105 Å². The van der Waals surface area contributed by atoms with E-state index in [4.69, 9.17) is 4.74 Å². The van der Waals surface area contributed by atoms with E-state index in [9.17, 15) is 19.2 Å². The van der Waals surface area contributed by atoms with Gasteiger partial charge in [-0.25, -0.2) is 4.79 Å². The highest BCUT2D eigenvalue weighted by Crippen LogP contribution is 2.19. The third kappa shape index (κ3) is 6.95. The number of carbonyl (C=O) groups is 4. The van der Waals surface area contributed by atoms with Gasteiger partial charge >= 0.3 is 12.0 Å². The molecule has 0 aromatic heterocycles. The number of hydrogen-bond donors (Lipinski definition) is 2. The van der Waals surface area contributed by atoms with E-state index in [1.54, 1.807) is 4.90 Å². The van der Waals surface area contributed by atoms with Gasteiger partial charge in [-0.1, -0.05) is 60.7 Å². The normalized spacial score (nSPS) is 15.4. The lowest BCUT2D eigenvalue weighted by molar-refractivity contribution is -0.152. The molecule has 8 heteroatoms. The maximum absolute atomic E-state index is 12.2. The number of ether oxygens (including phenoxy) is 1. The molecule has 31 heavy (non-hydrogen) atoms. The van der Waals surface area contributed by atoms with E-state index in [1.165, 1.54) is 0 Å². The molecule has 2 aromatic carbocycles. The number of imide groups is 1. The molecule has 162 valence electrons. The Morgan fingerprint density at radius 1 is 0.968 bits per heavy atom. The predicted octanol–water partition coefficient (Wildman–Crippen LogP) is 1.65. The number of hydrogen-bond acceptors (Lipinski definition) is 5. The van der Waals surface area contributed by atoms with E-state index < -0.39 is 30.4 Å². The summed E-state index contributed by atoms with van der Waals surface area (Å²) < 4.78 is 5.00. The fourth-order valence-electron chi connectivity index (χ4n) is 3.29. The summed E-state index contributed by atoms with van der Waals surface area (Å²) in [6, 6.07) is 18.3. The van der Waals surface area contributed by atoms with Crippen molar-refractivity contribution in [3.8, 4) is 0 Å². The predicted molar refractivity (Wildman–Crippen MR) is 113 cm³/mol. The number of likely N-dealkylation sites (tertiary alicyclic amines) is 1. The van der Waals surface area contributed by atoms with Crippen LogP contribution < -0.4 is 10.6 Å². The van der Waals surface area contributed by atoms with Gasteiger partial charge in [0, 0.05) is 26.1 Å². The average molecular weight is 423 g/mol. The highest BCUT2D eigenvalue weighted by molar-refractivity contribution is 5.96. The van der Waals surface area contributed by atoms with Gasteiger partial charge in [-0.15, -0.1) is 0 Å². The van der Waals surface area contributed by atoms with Crippen LogP contribution in [0.25, 0.3) is 0 Å². The lowest BCUT2D eigenvalue weighted by Gasteiger charge is -2.16. The van der Waals surface area contributed by atoms with Crippen molar-refractivity contribution in [3.63, 3.8) is 0 Å². The first-order chi connectivity index (χ1) is 15.0. The maximum atomic E-state index is 12.2. The second kappa shape index (κ2) is 10.9. The number of nitrogens with one attached hydrogen (secondary N) is 2. The standard InChI is InChI=1S/C23H25N3O5/c27-20(25-23(30)24-14-18-9-5-2-6-10-18)16-31-22(29)19-13-21(28)26(15-19)12-11-17-7-3-1-4-8-17/h1-10,19H,11-16H2,(H2,24,25,27,30)/t19-/m0/s1. The number of urea groups is 1. The third-order valence-corrected chi connectivity index (χ3v) is 4.96. The van der Waals surface area contributed by atoms with Crippen molar-refractivity contribution in [1.82, 2.24) is 15.5 Å². The molecule has 1 fully saturated rings. The number of benzene rings is 2. The number of carbonyl (C=O) groups excluding carboxylic acids is 4. The molecule has 1 aliphatic heterocycles. The van der Waals surface area contributed by atoms with Crippen LogP contribution in [0.4, 0.5) is 4.79 Å². The molecule has 2 aromatic rings. The highest BCUT2D eigenvalue weighted by Gasteiger charge is 2.35. The van der Waals surface area contributed by atoms with Crippen molar-refractivity contribution in [3.05, 3.63) is 71.8 Å². The molecular formula is C23H25N3O5. The summed E-state index contributed by atoms with van der Waals surface area (Å²) in [4.78, 5) is 49.6. The van der Waals surface area contributed by atoms with Gasteiger partial charge in [-0.3, -0.25) is 19.7 Å². The van der Waals surface area contributed by atoms with Crippen LogP contribution in [0.3, 0.4) is 0 Å². The van der Waals surface area contributed by atoms with Gasteiger partial charge in [-0.2, -0.15) is 0 Å². The fourth-order valence-corrected chi connectivity index (χ4v) is 3.29. The van der Waals surface area contributed by atoms with Gasteiger partial charge in [0.2, 0.25) is 5.91 Å². The first kappa shape index (κ1) is 22.0. The van der Waals surface area contributed by atoms with Gasteiger partial charge < -0.3 is 15.0 Å². The Bertz CT molecular complexity index is 917. The molecule has 0 radical (unpaired) electrons. The van der Waals surface area contributed by atoms with Crippen LogP contribution in [-0.4, -0.2) is 48.4 Å². The molecule has 2 N–H and O–H groups in total. The van der Waals surface area contributed by atoms with Gasteiger partial charge in [0.15, 0.2) is 6.61 Å². The van der Waals surface area contributed by atoms with Crippen molar-refractivity contribution in [2.24, 2.45) is 5.92 Å². The van der Waals surface area contributed by atoms with Crippen LogP contribution in [0.1, 0.15) is 17.5 Å².